The monoisotopic (exact) mass is 343 g/mol. The third-order valence-corrected chi connectivity index (χ3v) is 5.08. The van der Waals surface area contributed by atoms with E-state index < -0.39 is 10.0 Å². The van der Waals surface area contributed by atoms with Crippen LogP contribution >= 0.6 is 0 Å². The first-order valence-electron chi connectivity index (χ1n) is 7.45. The maximum atomic E-state index is 12.5. The number of aromatic nitrogens is 4. The van der Waals surface area contributed by atoms with Crippen molar-refractivity contribution < 1.29 is 8.42 Å². The number of nitrogens with one attached hydrogen (secondary N) is 1. The van der Waals surface area contributed by atoms with Gasteiger partial charge >= 0.3 is 0 Å². The highest BCUT2D eigenvalue weighted by atomic mass is 32.2. The largest absolute Gasteiger partial charge is 0.280 e. The Kier molecular flexibility index (Phi) is 4.30. The molecule has 0 unspecified atom stereocenters. The molecule has 1 heterocycles. The second-order valence-electron chi connectivity index (χ2n) is 5.36. The lowest BCUT2D eigenvalue weighted by Gasteiger charge is -2.11. The average Bonchev–Trinajstić information content (AvgIpc) is 3.09. The second kappa shape index (κ2) is 6.40. The topological polar surface area (TPSA) is 89.8 Å². The van der Waals surface area contributed by atoms with Crippen molar-refractivity contribution >= 4 is 15.7 Å². The van der Waals surface area contributed by atoms with Crippen molar-refractivity contribution in [3.63, 3.8) is 0 Å². The molecule has 0 aliphatic carbocycles. The minimum Gasteiger partial charge on any atom is -0.280 e. The Morgan fingerprint density at radius 2 is 1.88 bits per heavy atom. The number of benzene rings is 2. The number of sulfonamides is 1. The van der Waals surface area contributed by atoms with Crippen LogP contribution in [0.5, 0.6) is 0 Å². The fraction of sp³-hybridized carbons (Fsp3) is 0.188. The number of hydrogen-bond acceptors (Lipinski definition) is 5. The standard InChI is InChI=1S/C16H17N5O2S/c1-3-13-4-7-15(8-5-13)24(22,23)18-14-6-9-16(12(2)10-14)21-11-17-19-20-21/h4-11,18H,3H2,1-2H3. The Balaban J connectivity index is 1.85. The molecule has 0 radical (unpaired) electrons. The van der Waals surface area contributed by atoms with Gasteiger partial charge in [-0.25, -0.2) is 13.1 Å². The van der Waals surface area contributed by atoms with Crippen LogP contribution in [0.15, 0.2) is 53.7 Å². The molecule has 0 spiro atoms. The summed E-state index contributed by atoms with van der Waals surface area (Å²) in [6.45, 7) is 3.89. The number of nitrogens with zero attached hydrogens (tertiary/aromatic N) is 4. The molecule has 1 N–H and O–H groups in total. The van der Waals surface area contributed by atoms with E-state index in [9.17, 15) is 8.42 Å². The molecule has 0 atom stereocenters. The van der Waals surface area contributed by atoms with Crippen molar-refractivity contribution in [3.8, 4) is 5.69 Å². The fourth-order valence-corrected chi connectivity index (χ4v) is 3.42. The van der Waals surface area contributed by atoms with E-state index in [1.165, 1.54) is 11.0 Å². The van der Waals surface area contributed by atoms with E-state index in [-0.39, 0.29) is 4.90 Å². The van der Waals surface area contributed by atoms with Gasteiger partial charge in [0.25, 0.3) is 10.0 Å². The van der Waals surface area contributed by atoms with Crippen molar-refractivity contribution in [3.05, 3.63) is 59.9 Å². The number of tetrazole rings is 1. The summed E-state index contributed by atoms with van der Waals surface area (Å²) in [7, 11) is -3.62. The predicted octanol–water partition coefficient (Wildman–Crippen LogP) is 2.33. The number of aryl methyl sites for hydroxylation is 2. The first-order valence-corrected chi connectivity index (χ1v) is 8.93. The van der Waals surface area contributed by atoms with Crippen LogP contribution in [-0.2, 0) is 16.4 Å². The van der Waals surface area contributed by atoms with E-state index >= 15 is 0 Å². The van der Waals surface area contributed by atoms with E-state index in [4.69, 9.17) is 0 Å². The summed E-state index contributed by atoms with van der Waals surface area (Å²) in [6.07, 6.45) is 2.35. The lowest BCUT2D eigenvalue weighted by Crippen LogP contribution is -2.13. The van der Waals surface area contributed by atoms with Crippen LogP contribution in [0, 0.1) is 6.92 Å². The SMILES string of the molecule is CCc1ccc(S(=O)(=O)Nc2ccc(-n3cnnn3)c(C)c2)cc1. The van der Waals surface area contributed by atoms with E-state index in [0.29, 0.717) is 5.69 Å². The predicted molar refractivity (Wildman–Crippen MR) is 90.5 cm³/mol. The van der Waals surface area contributed by atoms with Crippen molar-refractivity contribution in [1.82, 2.24) is 20.2 Å². The molecule has 3 rings (SSSR count). The van der Waals surface area contributed by atoms with Gasteiger partial charge in [0, 0.05) is 5.69 Å². The van der Waals surface area contributed by atoms with Crippen molar-refractivity contribution in [2.75, 3.05) is 4.72 Å². The van der Waals surface area contributed by atoms with Gasteiger partial charge in [-0.15, -0.1) is 5.10 Å². The molecule has 2 aromatic carbocycles. The summed E-state index contributed by atoms with van der Waals surface area (Å²) in [5.74, 6) is 0. The van der Waals surface area contributed by atoms with Gasteiger partial charge in [0.15, 0.2) is 0 Å². The molecule has 8 heteroatoms. The van der Waals surface area contributed by atoms with Crippen molar-refractivity contribution in [2.24, 2.45) is 0 Å². The summed E-state index contributed by atoms with van der Waals surface area (Å²) in [4.78, 5) is 0.238. The molecule has 0 aliphatic heterocycles. The van der Waals surface area contributed by atoms with Crippen LogP contribution in [0.2, 0.25) is 0 Å². The summed E-state index contributed by atoms with van der Waals surface area (Å²) in [5, 5.41) is 11.0. The van der Waals surface area contributed by atoms with Crippen LogP contribution in [-0.4, -0.2) is 28.6 Å². The molecule has 0 fully saturated rings. The number of anilines is 1. The lowest BCUT2D eigenvalue weighted by atomic mass is 10.2. The van der Waals surface area contributed by atoms with Crippen LogP contribution in [0.1, 0.15) is 18.1 Å². The molecule has 0 aliphatic rings. The molecule has 7 nitrogen and oxygen atoms in total. The number of rotatable bonds is 5. The van der Waals surface area contributed by atoms with Gasteiger partial charge in [0.2, 0.25) is 0 Å². The van der Waals surface area contributed by atoms with E-state index in [1.54, 1.807) is 30.3 Å². The van der Waals surface area contributed by atoms with Gasteiger partial charge in [-0.1, -0.05) is 19.1 Å². The first-order chi connectivity index (χ1) is 11.5. The van der Waals surface area contributed by atoms with Gasteiger partial charge in [0.05, 0.1) is 10.6 Å². The van der Waals surface area contributed by atoms with Crippen LogP contribution in [0.4, 0.5) is 5.69 Å². The third-order valence-electron chi connectivity index (χ3n) is 3.69. The third kappa shape index (κ3) is 3.28. The smallest absolute Gasteiger partial charge is 0.261 e. The maximum Gasteiger partial charge on any atom is 0.261 e. The minimum absolute atomic E-state index is 0.238. The van der Waals surface area contributed by atoms with Crippen LogP contribution in [0.25, 0.3) is 5.69 Å². The molecule has 1 aromatic heterocycles. The molecule has 3 aromatic rings. The molecule has 124 valence electrons. The van der Waals surface area contributed by atoms with Crippen LogP contribution < -0.4 is 4.72 Å². The van der Waals surface area contributed by atoms with Gasteiger partial charge in [-0.3, -0.25) is 4.72 Å². The highest BCUT2D eigenvalue weighted by Gasteiger charge is 2.14. The van der Waals surface area contributed by atoms with E-state index in [2.05, 4.69) is 20.2 Å². The summed E-state index contributed by atoms with van der Waals surface area (Å²) in [5.41, 5.74) is 3.22. The van der Waals surface area contributed by atoms with Crippen LogP contribution in [0.3, 0.4) is 0 Å². The molecule has 24 heavy (non-hydrogen) atoms. The zero-order valence-electron chi connectivity index (χ0n) is 13.3. The highest BCUT2D eigenvalue weighted by Crippen LogP contribution is 2.21. The number of hydrogen-bond donors (Lipinski definition) is 1. The normalized spacial score (nSPS) is 11.4. The van der Waals surface area contributed by atoms with E-state index in [1.807, 2.05) is 26.0 Å². The lowest BCUT2D eigenvalue weighted by molar-refractivity contribution is 0.601. The summed E-state index contributed by atoms with van der Waals surface area (Å²) >= 11 is 0. The molecule has 0 amide bonds. The summed E-state index contributed by atoms with van der Waals surface area (Å²) in [6, 6.07) is 12.1. The van der Waals surface area contributed by atoms with Gasteiger partial charge in [-0.05, 0) is 65.2 Å². The van der Waals surface area contributed by atoms with Gasteiger partial charge in [0.1, 0.15) is 6.33 Å². The Labute approximate surface area is 140 Å². The Morgan fingerprint density at radius 3 is 2.46 bits per heavy atom. The first kappa shape index (κ1) is 16.1. The zero-order valence-corrected chi connectivity index (χ0v) is 14.2. The quantitative estimate of drug-likeness (QED) is 0.768. The average molecular weight is 343 g/mol. The Bertz CT molecular complexity index is 935. The van der Waals surface area contributed by atoms with Crippen molar-refractivity contribution in [1.29, 1.82) is 0 Å². The molecular formula is C16H17N5O2S. The zero-order chi connectivity index (χ0) is 17.2. The van der Waals surface area contributed by atoms with Gasteiger partial charge < -0.3 is 0 Å². The summed E-state index contributed by atoms with van der Waals surface area (Å²) < 4.78 is 29.1. The van der Waals surface area contributed by atoms with Crippen molar-refractivity contribution in [2.45, 2.75) is 25.2 Å². The molecular weight excluding hydrogens is 326 g/mol. The fourth-order valence-electron chi connectivity index (χ4n) is 2.37. The molecule has 0 saturated heterocycles. The molecule has 0 saturated carbocycles. The van der Waals surface area contributed by atoms with E-state index in [0.717, 1.165) is 23.2 Å². The maximum absolute atomic E-state index is 12.5. The Hall–Kier alpha value is -2.74. The minimum atomic E-state index is -3.62. The Morgan fingerprint density at radius 1 is 1.12 bits per heavy atom. The van der Waals surface area contributed by atoms with Gasteiger partial charge in [-0.2, -0.15) is 0 Å². The molecule has 0 bridgehead atoms. The second-order valence-corrected chi connectivity index (χ2v) is 7.04. The highest BCUT2D eigenvalue weighted by molar-refractivity contribution is 7.92.